The molecule has 27 heavy (non-hydrogen) atoms. The lowest BCUT2D eigenvalue weighted by atomic mass is 9.96. The highest BCUT2D eigenvalue weighted by Crippen LogP contribution is 2.23. The molecule has 0 aliphatic carbocycles. The molecule has 0 radical (unpaired) electrons. The summed E-state index contributed by atoms with van der Waals surface area (Å²) in [4.78, 5) is 15.8. The van der Waals surface area contributed by atoms with E-state index in [-0.39, 0.29) is 10.6 Å². The summed E-state index contributed by atoms with van der Waals surface area (Å²) in [5.74, 6) is 0.801. The number of benzene rings is 1. The Labute approximate surface area is 160 Å². The van der Waals surface area contributed by atoms with Gasteiger partial charge >= 0.3 is 0 Å². The number of likely N-dealkylation sites (tertiary alicyclic amines) is 2. The molecule has 7 heteroatoms. The van der Waals surface area contributed by atoms with Crippen LogP contribution in [0.2, 0.25) is 0 Å². The molecule has 0 bridgehead atoms. The van der Waals surface area contributed by atoms with Gasteiger partial charge in [0.05, 0.1) is 23.3 Å². The summed E-state index contributed by atoms with van der Waals surface area (Å²) in [6.45, 7) is 6.67. The van der Waals surface area contributed by atoms with Crippen LogP contribution in [0.1, 0.15) is 38.5 Å². The van der Waals surface area contributed by atoms with Crippen molar-refractivity contribution in [2.24, 2.45) is 5.92 Å². The Morgan fingerprint density at radius 2 is 1.78 bits per heavy atom. The standard InChI is InChI=1S/C20H29N5O2/c26-25(27)19-6-5-18-14-21-24(20(18)13-19)16-23-11-7-17(8-12-23)15-22-9-3-1-2-4-10-22/h5-6,13-14,17H,1-4,7-12,15-16H2. The Hall–Kier alpha value is -1.99. The SMILES string of the molecule is O=[N+]([O-])c1ccc2cnn(CN3CCC(CN4CCCCCC4)CC3)c2c1. The van der Waals surface area contributed by atoms with Crippen molar-refractivity contribution >= 4 is 16.6 Å². The molecule has 1 aromatic heterocycles. The van der Waals surface area contributed by atoms with Gasteiger partial charge in [-0.2, -0.15) is 5.10 Å². The molecule has 3 heterocycles. The average molecular weight is 371 g/mol. The van der Waals surface area contributed by atoms with Crippen LogP contribution in [-0.2, 0) is 6.67 Å². The Morgan fingerprint density at radius 3 is 2.48 bits per heavy atom. The first-order valence-electron chi connectivity index (χ1n) is 10.2. The van der Waals surface area contributed by atoms with E-state index in [1.54, 1.807) is 24.4 Å². The van der Waals surface area contributed by atoms with Crippen LogP contribution in [0.25, 0.3) is 10.9 Å². The van der Waals surface area contributed by atoms with Crippen LogP contribution in [-0.4, -0.2) is 57.2 Å². The summed E-state index contributed by atoms with van der Waals surface area (Å²) in [5.41, 5.74) is 0.969. The summed E-state index contributed by atoms with van der Waals surface area (Å²) in [6.07, 6.45) is 9.77. The molecule has 2 fully saturated rings. The molecule has 0 amide bonds. The van der Waals surface area contributed by atoms with Gasteiger partial charge in [0.15, 0.2) is 0 Å². The van der Waals surface area contributed by atoms with Crippen molar-refractivity contribution in [2.75, 3.05) is 32.7 Å². The molecule has 1 aromatic carbocycles. The van der Waals surface area contributed by atoms with Crippen molar-refractivity contribution in [3.8, 4) is 0 Å². The molecule has 2 aliphatic heterocycles. The van der Waals surface area contributed by atoms with Gasteiger partial charge in [-0.1, -0.05) is 12.8 Å². The number of aromatic nitrogens is 2. The first-order chi connectivity index (χ1) is 13.2. The number of non-ortho nitro benzene ring substituents is 1. The molecule has 0 atom stereocenters. The Kier molecular flexibility index (Phi) is 5.69. The van der Waals surface area contributed by atoms with E-state index in [0.29, 0.717) is 6.67 Å². The molecule has 0 N–H and O–H groups in total. The normalized spacial score (nSPS) is 20.7. The number of piperidine rings is 1. The third-order valence-electron chi connectivity index (χ3n) is 6.10. The highest BCUT2D eigenvalue weighted by atomic mass is 16.6. The van der Waals surface area contributed by atoms with Gasteiger partial charge in [-0.25, -0.2) is 0 Å². The fourth-order valence-electron chi connectivity index (χ4n) is 4.47. The molecule has 2 aliphatic rings. The van der Waals surface area contributed by atoms with Crippen LogP contribution in [0.5, 0.6) is 0 Å². The summed E-state index contributed by atoms with van der Waals surface area (Å²) >= 11 is 0. The molecular formula is C20H29N5O2. The van der Waals surface area contributed by atoms with Crippen LogP contribution in [0.15, 0.2) is 24.4 Å². The minimum atomic E-state index is -0.342. The van der Waals surface area contributed by atoms with E-state index in [0.717, 1.165) is 29.9 Å². The van der Waals surface area contributed by atoms with Gasteiger partial charge in [0.1, 0.15) is 0 Å². The molecular weight excluding hydrogens is 342 g/mol. The van der Waals surface area contributed by atoms with Crippen LogP contribution in [0.3, 0.4) is 0 Å². The lowest BCUT2D eigenvalue weighted by Gasteiger charge is -2.34. The van der Waals surface area contributed by atoms with Gasteiger partial charge in [0, 0.05) is 37.2 Å². The second-order valence-electron chi connectivity index (χ2n) is 8.06. The predicted octanol–water partition coefficient (Wildman–Crippen LogP) is 3.49. The average Bonchev–Trinajstić information content (AvgIpc) is 2.89. The lowest BCUT2D eigenvalue weighted by molar-refractivity contribution is -0.384. The van der Waals surface area contributed by atoms with Gasteiger partial charge in [0.25, 0.3) is 5.69 Å². The van der Waals surface area contributed by atoms with E-state index < -0.39 is 0 Å². The maximum atomic E-state index is 11.1. The second-order valence-corrected chi connectivity index (χ2v) is 8.06. The second kappa shape index (κ2) is 8.35. The van der Waals surface area contributed by atoms with Gasteiger partial charge in [-0.05, 0) is 50.8 Å². The fraction of sp³-hybridized carbons (Fsp3) is 0.650. The van der Waals surface area contributed by atoms with E-state index in [1.807, 2.05) is 4.68 Å². The molecule has 146 valence electrons. The Morgan fingerprint density at radius 1 is 1.04 bits per heavy atom. The molecule has 0 saturated carbocycles. The smallest absolute Gasteiger partial charge is 0.271 e. The zero-order chi connectivity index (χ0) is 18.6. The van der Waals surface area contributed by atoms with E-state index in [2.05, 4.69) is 14.9 Å². The minimum Gasteiger partial charge on any atom is -0.303 e. The number of nitrogens with zero attached hydrogens (tertiary/aromatic N) is 5. The van der Waals surface area contributed by atoms with E-state index in [1.165, 1.54) is 58.2 Å². The van der Waals surface area contributed by atoms with Gasteiger partial charge in [-0.15, -0.1) is 0 Å². The first kappa shape index (κ1) is 18.4. The van der Waals surface area contributed by atoms with E-state index in [9.17, 15) is 10.1 Å². The number of nitro benzene ring substituents is 1. The maximum Gasteiger partial charge on any atom is 0.271 e. The molecule has 0 unspecified atom stereocenters. The molecule has 0 spiro atoms. The number of hydrogen-bond acceptors (Lipinski definition) is 5. The molecule has 2 saturated heterocycles. The van der Waals surface area contributed by atoms with E-state index >= 15 is 0 Å². The number of fused-ring (bicyclic) bond motifs is 1. The van der Waals surface area contributed by atoms with Crippen LogP contribution in [0, 0.1) is 16.0 Å². The van der Waals surface area contributed by atoms with Gasteiger partial charge < -0.3 is 4.90 Å². The quantitative estimate of drug-likeness (QED) is 0.594. The van der Waals surface area contributed by atoms with Crippen molar-refractivity contribution in [1.29, 1.82) is 0 Å². The maximum absolute atomic E-state index is 11.1. The molecule has 2 aromatic rings. The first-order valence-corrected chi connectivity index (χ1v) is 10.2. The largest absolute Gasteiger partial charge is 0.303 e. The van der Waals surface area contributed by atoms with Crippen molar-refractivity contribution in [2.45, 2.75) is 45.2 Å². The fourth-order valence-corrected chi connectivity index (χ4v) is 4.47. The monoisotopic (exact) mass is 371 g/mol. The van der Waals surface area contributed by atoms with E-state index in [4.69, 9.17) is 0 Å². The lowest BCUT2D eigenvalue weighted by Crippen LogP contribution is -2.39. The molecule has 7 nitrogen and oxygen atoms in total. The highest BCUT2D eigenvalue weighted by molar-refractivity contribution is 5.80. The predicted molar refractivity (Wildman–Crippen MR) is 106 cm³/mol. The third-order valence-corrected chi connectivity index (χ3v) is 6.10. The summed E-state index contributed by atoms with van der Waals surface area (Å²) < 4.78 is 1.90. The summed E-state index contributed by atoms with van der Waals surface area (Å²) in [7, 11) is 0. The van der Waals surface area contributed by atoms with Crippen molar-refractivity contribution in [1.82, 2.24) is 19.6 Å². The van der Waals surface area contributed by atoms with Gasteiger partial charge in [0.2, 0.25) is 0 Å². The summed E-state index contributed by atoms with van der Waals surface area (Å²) in [5, 5.41) is 16.5. The van der Waals surface area contributed by atoms with Crippen molar-refractivity contribution in [3.63, 3.8) is 0 Å². The van der Waals surface area contributed by atoms with Gasteiger partial charge in [-0.3, -0.25) is 19.7 Å². The number of rotatable bonds is 5. The zero-order valence-electron chi connectivity index (χ0n) is 15.9. The zero-order valence-corrected chi connectivity index (χ0v) is 15.9. The number of hydrogen-bond donors (Lipinski definition) is 0. The molecule has 4 rings (SSSR count). The topological polar surface area (TPSA) is 67.4 Å². The Balaban J connectivity index is 1.33. The minimum absolute atomic E-state index is 0.125. The summed E-state index contributed by atoms with van der Waals surface area (Å²) in [6, 6.07) is 4.96. The number of nitro groups is 1. The highest BCUT2D eigenvalue weighted by Gasteiger charge is 2.22. The van der Waals surface area contributed by atoms with Crippen LogP contribution >= 0.6 is 0 Å². The Bertz CT molecular complexity index is 774. The van der Waals surface area contributed by atoms with Crippen LogP contribution < -0.4 is 0 Å². The van der Waals surface area contributed by atoms with Crippen molar-refractivity contribution in [3.05, 3.63) is 34.5 Å². The van der Waals surface area contributed by atoms with Crippen molar-refractivity contribution < 1.29 is 4.92 Å². The third kappa shape index (κ3) is 4.47. The van der Waals surface area contributed by atoms with Crippen LogP contribution in [0.4, 0.5) is 5.69 Å².